The Morgan fingerprint density at radius 2 is 1.47 bits per heavy atom. The number of carbonyl (C=O) groups is 2. The molecule has 1 N–H and O–H groups in total. The van der Waals surface area contributed by atoms with Crippen LogP contribution in [0.15, 0.2) is 48.5 Å². The van der Waals surface area contributed by atoms with Gasteiger partial charge in [-0.15, -0.1) is 11.8 Å². The number of methoxy groups -OCH3 is 2. The molecule has 0 fully saturated rings. The molecule has 0 saturated heterocycles. The molecule has 0 bridgehead atoms. The molecule has 0 aliphatic carbocycles. The summed E-state index contributed by atoms with van der Waals surface area (Å²) in [6, 6.07) is 14.9. The van der Waals surface area contributed by atoms with E-state index in [-0.39, 0.29) is 17.9 Å². The maximum absolute atomic E-state index is 13.1. The summed E-state index contributed by atoms with van der Waals surface area (Å²) in [5.74, 6) is 2.36. The number of rotatable bonds is 12. The summed E-state index contributed by atoms with van der Waals surface area (Å²) >= 11 is 1.54. The fourth-order valence-electron chi connectivity index (χ4n) is 3.04. The lowest BCUT2D eigenvalue weighted by molar-refractivity contribution is -0.138. The SMILES string of the molecule is CCC(C)NC(=O)C(C)N(Cc1ccc(OC)cc1)C(=O)CSCc1ccc(OC)cc1. The van der Waals surface area contributed by atoms with Crippen LogP contribution in [0.3, 0.4) is 0 Å². The fourth-order valence-corrected chi connectivity index (χ4v) is 3.91. The van der Waals surface area contributed by atoms with Gasteiger partial charge >= 0.3 is 0 Å². The molecular weight excluding hydrogens is 424 g/mol. The van der Waals surface area contributed by atoms with Crippen molar-refractivity contribution >= 4 is 23.6 Å². The molecule has 174 valence electrons. The number of carbonyl (C=O) groups excluding carboxylic acids is 2. The largest absolute Gasteiger partial charge is 0.497 e. The highest BCUT2D eigenvalue weighted by atomic mass is 32.2. The quantitative estimate of drug-likeness (QED) is 0.515. The van der Waals surface area contributed by atoms with Crippen LogP contribution in [0.5, 0.6) is 11.5 Å². The molecule has 0 saturated carbocycles. The summed E-state index contributed by atoms with van der Waals surface area (Å²) in [7, 11) is 3.25. The molecule has 0 aliphatic rings. The normalized spacial score (nSPS) is 12.5. The third-order valence-electron chi connectivity index (χ3n) is 5.33. The predicted octanol–water partition coefficient (Wildman–Crippen LogP) is 4.27. The Morgan fingerprint density at radius 3 is 1.97 bits per heavy atom. The molecule has 2 aromatic carbocycles. The first-order valence-corrected chi connectivity index (χ1v) is 12.0. The van der Waals surface area contributed by atoms with Gasteiger partial charge in [-0.05, 0) is 55.7 Å². The molecule has 7 heteroatoms. The van der Waals surface area contributed by atoms with Crippen LogP contribution in [0, 0.1) is 0 Å². The first kappa shape index (κ1) is 25.6. The molecule has 0 spiro atoms. The first-order chi connectivity index (χ1) is 15.4. The van der Waals surface area contributed by atoms with Crippen molar-refractivity contribution in [1.29, 1.82) is 0 Å². The minimum absolute atomic E-state index is 0.0623. The van der Waals surface area contributed by atoms with Gasteiger partial charge in [0.15, 0.2) is 0 Å². The lowest BCUT2D eigenvalue weighted by atomic mass is 10.1. The third-order valence-corrected chi connectivity index (χ3v) is 6.32. The Kier molecular flexibility index (Phi) is 10.4. The van der Waals surface area contributed by atoms with E-state index < -0.39 is 6.04 Å². The molecule has 2 amide bonds. The summed E-state index contributed by atoms with van der Waals surface area (Å²) in [4.78, 5) is 27.6. The van der Waals surface area contributed by atoms with Crippen molar-refractivity contribution in [1.82, 2.24) is 10.2 Å². The average Bonchev–Trinajstić information content (AvgIpc) is 2.82. The van der Waals surface area contributed by atoms with E-state index in [0.29, 0.717) is 18.1 Å². The van der Waals surface area contributed by atoms with Gasteiger partial charge in [-0.1, -0.05) is 31.2 Å². The van der Waals surface area contributed by atoms with Gasteiger partial charge in [-0.3, -0.25) is 9.59 Å². The molecule has 32 heavy (non-hydrogen) atoms. The van der Waals surface area contributed by atoms with E-state index >= 15 is 0 Å². The van der Waals surface area contributed by atoms with Gasteiger partial charge in [0, 0.05) is 18.3 Å². The standard InChI is InChI=1S/C25H34N2O4S/c1-6-18(2)26-25(29)19(3)27(15-20-7-11-22(30-4)12-8-20)24(28)17-32-16-21-9-13-23(31-5)14-10-21/h7-14,18-19H,6,15-17H2,1-5H3,(H,26,29). The Bertz CT molecular complexity index is 855. The highest BCUT2D eigenvalue weighted by Gasteiger charge is 2.26. The van der Waals surface area contributed by atoms with Gasteiger partial charge < -0.3 is 19.7 Å². The smallest absolute Gasteiger partial charge is 0.242 e. The van der Waals surface area contributed by atoms with Crippen molar-refractivity contribution in [3.63, 3.8) is 0 Å². The number of hydrogen-bond donors (Lipinski definition) is 1. The van der Waals surface area contributed by atoms with Gasteiger partial charge in [0.25, 0.3) is 0 Å². The third kappa shape index (κ3) is 7.79. The molecule has 2 aromatic rings. The second-order valence-electron chi connectivity index (χ2n) is 7.70. The summed E-state index contributed by atoms with van der Waals surface area (Å²) in [5, 5.41) is 2.99. The zero-order valence-corrected chi connectivity index (χ0v) is 20.4. The van der Waals surface area contributed by atoms with Crippen LogP contribution in [0.1, 0.15) is 38.3 Å². The number of amides is 2. The summed E-state index contributed by atoms with van der Waals surface area (Å²) in [5.41, 5.74) is 2.07. The number of benzene rings is 2. The first-order valence-electron chi connectivity index (χ1n) is 10.8. The zero-order valence-electron chi connectivity index (χ0n) is 19.6. The van der Waals surface area contributed by atoms with Crippen molar-refractivity contribution in [3.8, 4) is 11.5 Å². The van der Waals surface area contributed by atoms with Crippen molar-refractivity contribution in [2.24, 2.45) is 0 Å². The molecular formula is C25H34N2O4S. The molecule has 0 radical (unpaired) electrons. The molecule has 2 unspecified atom stereocenters. The van der Waals surface area contributed by atoms with E-state index in [4.69, 9.17) is 9.47 Å². The Morgan fingerprint density at radius 1 is 0.938 bits per heavy atom. The van der Waals surface area contributed by atoms with Crippen molar-refractivity contribution < 1.29 is 19.1 Å². The van der Waals surface area contributed by atoms with E-state index in [1.54, 1.807) is 26.0 Å². The van der Waals surface area contributed by atoms with Gasteiger partial charge in [0.05, 0.1) is 20.0 Å². The van der Waals surface area contributed by atoms with Crippen LogP contribution in [-0.2, 0) is 21.9 Å². The highest BCUT2D eigenvalue weighted by molar-refractivity contribution is 7.99. The van der Waals surface area contributed by atoms with Crippen molar-refractivity contribution in [3.05, 3.63) is 59.7 Å². The van der Waals surface area contributed by atoms with E-state index in [9.17, 15) is 9.59 Å². The number of thioether (sulfide) groups is 1. The van der Waals surface area contributed by atoms with Gasteiger partial charge in [-0.2, -0.15) is 0 Å². The molecule has 0 aliphatic heterocycles. The zero-order chi connectivity index (χ0) is 23.5. The Balaban J connectivity index is 2.06. The molecule has 2 atom stereocenters. The summed E-state index contributed by atoms with van der Waals surface area (Å²) in [6.45, 7) is 6.13. The number of nitrogens with zero attached hydrogens (tertiary/aromatic N) is 1. The molecule has 2 rings (SSSR count). The van der Waals surface area contributed by atoms with E-state index in [1.165, 1.54) is 11.8 Å². The minimum atomic E-state index is -0.569. The van der Waals surface area contributed by atoms with Crippen molar-refractivity contribution in [2.45, 2.75) is 51.6 Å². The number of nitrogens with one attached hydrogen (secondary N) is 1. The summed E-state index contributed by atoms with van der Waals surface area (Å²) < 4.78 is 10.4. The van der Waals surface area contributed by atoms with Gasteiger partial charge in [0.1, 0.15) is 17.5 Å². The molecule has 0 heterocycles. The second-order valence-corrected chi connectivity index (χ2v) is 8.69. The van der Waals surface area contributed by atoms with Crippen LogP contribution < -0.4 is 14.8 Å². The van der Waals surface area contributed by atoms with Crippen LogP contribution in [0.25, 0.3) is 0 Å². The minimum Gasteiger partial charge on any atom is -0.497 e. The lowest BCUT2D eigenvalue weighted by Crippen LogP contribution is -2.50. The van der Waals surface area contributed by atoms with E-state index in [0.717, 1.165) is 29.0 Å². The van der Waals surface area contributed by atoms with Crippen molar-refractivity contribution in [2.75, 3.05) is 20.0 Å². The number of hydrogen-bond acceptors (Lipinski definition) is 5. The summed E-state index contributed by atoms with van der Waals surface area (Å²) in [6.07, 6.45) is 0.836. The topological polar surface area (TPSA) is 67.9 Å². The van der Waals surface area contributed by atoms with Crippen LogP contribution in [0.2, 0.25) is 0 Å². The van der Waals surface area contributed by atoms with Gasteiger partial charge in [-0.25, -0.2) is 0 Å². The second kappa shape index (κ2) is 13.0. The molecule has 6 nitrogen and oxygen atoms in total. The van der Waals surface area contributed by atoms with E-state index in [2.05, 4.69) is 5.32 Å². The van der Waals surface area contributed by atoms with Gasteiger partial charge in [0.2, 0.25) is 11.8 Å². The fraction of sp³-hybridized carbons (Fsp3) is 0.440. The molecule has 0 aromatic heterocycles. The van der Waals surface area contributed by atoms with Crippen LogP contribution >= 0.6 is 11.8 Å². The Labute approximate surface area is 195 Å². The Hall–Kier alpha value is -2.67. The highest BCUT2D eigenvalue weighted by Crippen LogP contribution is 2.19. The number of ether oxygens (including phenoxy) is 2. The van der Waals surface area contributed by atoms with E-state index in [1.807, 2.05) is 62.4 Å². The van der Waals surface area contributed by atoms with Crippen LogP contribution in [0.4, 0.5) is 0 Å². The predicted molar refractivity (Wildman–Crippen MR) is 130 cm³/mol. The lowest BCUT2D eigenvalue weighted by Gasteiger charge is -2.29. The monoisotopic (exact) mass is 458 g/mol. The maximum atomic E-state index is 13.1. The van der Waals surface area contributed by atoms with Crippen LogP contribution in [-0.4, -0.2) is 48.8 Å². The maximum Gasteiger partial charge on any atom is 0.242 e. The average molecular weight is 459 g/mol.